The molecule has 1 unspecified atom stereocenters. The first kappa shape index (κ1) is 18.3. The van der Waals surface area contributed by atoms with Crippen LogP contribution in [0, 0.1) is 5.92 Å². The Bertz CT molecular complexity index is 569. The highest BCUT2D eigenvalue weighted by molar-refractivity contribution is 5.97. The molecule has 1 aliphatic rings. The molecule has 0 bridgehead atoms. The Balaban J connectivity index is 1.85. The molecule has 2 amide bonds. The number of hydrogen-bond acceptors (Lipinski definition) is 4. The topological polar surface area (TPSA) is 55.9 Å². The average molecular weight is 332 g/mol. The van der Waals surface area contributed by atoms with Crippen LogP contribution in [0.15, 0.2) is 24.3 Å². The number of benzene rings is 1. The van der Waals surface area contributed by atoms with E-state index in [1.807, 2.05) is 62.3 Å². The fraction of sp³-hybridized carbons (Fsp3) is 0.556. The van der Waals surface area contributed by atoms with Crippen molar-refractivity contribution in [1.82, 2.24) is 9.80 Å². The molecular formula is C18H28N4O2. The van der Waals surface area contributed by atoms with E-state index in [-0.39, 0.29) is 17.7 Å². The standard InChI is InChI=1S/C18H28N4O2/c1-20(2)10-5-11-22-13-14(12-17(22)23)18(24)19-15-6-8-16(9-7-15)21(3)4/h6-9,14H,5,10-13H2,1-4H3,(H,19,24). The minimum Gasteiger partial charge on any atom is -0.378 e. The molecule has 1 fully saturated rings. The van der Waals surface area contributed by atoms with Crippen molar-refractivity contribution in [3.05, 3.63) is 24.3 Å². The maximum absolute atomic E-state index is 12.4. The third-order valence-electron chi connectivity index (χ3n) is 4.27. The van der Waals surface area contributed by atoms with Gasteiger partial charge in [-0.15, -0.1) is 0 Å². The number of likely N-dealkylation sites (tertiary alicyclic amines) is 1. The maximum Gasteiger partial charge on any atom is 0.229 e. The van der Waals surface area contributed by atoms with E-state index in [1.54, 1.807) is 0 Å². The molecule has 0 spiro atoms. The van der Waals surface area contributed by atoms with Crippen molar-refractivity contribution in [2.75, 3.05) is 58.0 Å². The number of amides is 2. The Morgan fingerprint density at radius 1 is 1.21 bits per heavy atom. The van der Waals surface area contributed by atoms with Gasteiger partial charge in [-0.05, 0) is 51.3 Å². The lowest BCUT2D eigenvalue weighted by Gasteiger charge is -2.18. The second-order valence-electron chi connectivity index (χ2n) is 6.83. The van der Waals surface area contributed by atoms with Crippen molar-refractivity contribution in [3.8, 4) is 0 Å². The van der Waals surface area contributed by atoms with Crippen LogP contribution in [-0.4, -0.2) is 69.4 Å². The molecule has 1 saturated heterocycles. The van der Waals surface area contributed by atoms with Crippen LogP contribution in [0.5, 0.6) is 0 Å². The van der Waals surface area contributed by atoms with Gasteiger partial charge >= 0.3 is 0 Å². The Morgan fingerprint density at radius 3 is 2.46 bits per heavy atom. The number of nitrogens with one attached hydrogen (secondary N) is 1. The van der Waals surface area contributed by atoms with Gasteiger partial charge in [-0.3, -0.25) is 9.59 Å². The van der Waals surface area contributed by atoms with Gasteiger partial charge in [0.05, 0.1) is 5.92 Å². The summed E-state index contributed by atoms with van der Waals surface area (Å²) in [6.45, 7) is 2.19. The van der Waals surface area contributed by atoms with E-state index in [2.05, 4.69) is 10.2 Å². The molecule has 1 aliphatic heterocycles. The molecule has 0 saturated carbocycles. The molecule has 1 N–H and O–H groups in total. The molecule has 0 aromatic heterocycles. The molecule has 6 nitrogen and oxygen atoms in total. The largest absolute Gasteiger partial charge is 0.378 e. The first-order chi connectivity index (χ1) is 11.4. The van der Waals surface area contributed by atoms with Crippen LogP contribution in [0.2, 0.25) is 0 Å². The Labute approximate surface area is 144 Å². The molecule has 6 heteroatoms. The second-order valence-corrected chi connectivity index (χ2v) is 6.83. The summed E-state index contributed by atoms with van der Waals surface area (Å²) in [6, 6.07) is 7.70. The summed E-state index contributed by atoms with van der Waals surface area (Å²) in [5.41, 5.74) is 1.85. The predicted molar refractivity (Wildman–Crippen MR) is 97.3 cm³/mol. The summed E-state index contributed by atoms with van der Waals surface area (Å²) in [5, 5.41) is 2.92. The van der Waals surface area contributed by atoms with Gasteiger partial charge in [-0.2, -0.15) is 0 Å². The zero-order valence-corrected chi connectivity index (χ0v) is 15.1. The van der Waals surface area contributed by atoms with Crippen LogP contribution in [0.3, 0.4) is 0 Å². The molecule has 0 radical (unpaired) electrons. The monoisotopic (exact) mass is 332 g/mol. The second kappa shape index (κ2) is 8.15. The number of carbonyl (C=O) groups excluding carboxylic acids is 2. The molecule has 2 rings (SSSR count). The van der Waals surface area contributed by atoms with Gasteiger partial charge < -0.3 is 20.0 Å². The van der Waals surface area contributed by atoms with Crippen LogP contribution in [0.4, 0.5) is 11.4 Å². The van der Waals surface area contributed by atoms with E-state index in [1.165, 1.54) is 0 Å². The number of hydrogen-bond donors (Lipinski definition) is 1. The fourth-order valence-corrected chi connectivity index (χ4v) is 2.83. The highest BCUT2D eigenvalue weighted by Gasteiger charge is 2.33. The van der Waals surface area contributed by atoms with Crippen LogP contribution >= 0.6 is 0 Å². The van der Waals surface area contributed by atoms with Gasteiger partial charge in [-0.25, -0.2) is 0 Å². The number of rotatable bonds is 7. The minimum absolute atomic E-state index is 0.0731. The summed E-state index contributed by atoms with van der Waals surface area (Å²) < 4.78 is 0. The molecule has 1 aromatic rings. The number of carbonyl (C=O) groups is 2. The maximum atomic E-state index is 12.4. The summed E-state index contributed by atoms with van der Waals surface area (Å²) >= 11 is 0. The van der Waals surface area contributed by atoms with E-state index < -0.39 is 0 Å². The van der Waals surface area contributed by atoms with E-state index in [0.29, 0.717) is 13.0 Å². The molecule has 1 aromatic carbocycles. The number of anilines is 2. The third kappa shape index (κ3) is 4.96. The molecule has 132 valence electrons. The molecule has 1 heterocycles. The van der Waals surface area contributed by atoms with Crippen LogP contribution in [0.25, 0.3) is 0 Å². The summed E-state index contributed by atoms with van der Waals surface area (Å²) in [4.78, 5) is 30.4. The number of nitrogens with zero attached hydrogens (tertiary/aromatic N) is 3. The van der Waals surface area contributed by atoms with Crippen LogP contribution in [-0.2, 0) is 9.59 Å². The Hall–Kier alpha value is -2.08. The summed E-state index contributed by atoms with van der Waals surface area (Å²) in [5.74, 6) is -0.252. The van der Waals surface area contributed by atoms with Crippen molar-refractivity contribution in [2.45, 2.75) is 12.8 Å². The van der Waals surface area contributed by atoms with Crippen molar-refractivity contribution < 1.29 is 9.59 Å². The lowest BCUT2D eigenvalue weighted by molar-refractivity contribution is -0.128. The van der Waals surface area contributed by atoms with Gasteiger partial charge in [0.2, 0.25) is 11.8 Å². The molecule has 24 heavy (non-hydrogen) atoms. The molecule has 1 atom stereocenters. The summed E-state index contributed by atoms with van der Waals surface area (Å²) in [7, 11) is 7.98. The highest BCUT2D eigenvalue weighted by atomic mass is 16.2. The van der Waals surface area contributed by atoms with Gasteiger partial charge in [-0.1, -0.05) is 0 Å². The smallest absolute Gasteiger partial charge is 0.229 e. The third-order valence-corrected chi connectivity index (χ3v) is 4.27. The van der Waals surface area contributed by atoms with Crippen molar-refractivity contribution in [3.63, 3.8) is 0 Å². The van der Waals surface area contributed by atoms with Gasteiger partial charge in [0.1, 0.15) is 0 Å². The summed E-state index contributed by atoms with van der Waals surface area (Å²) in [6.07, 6.45) is 1.24. The highest BCUT2D eigenvalue weighted by Crippen LogP contribution is 2.21. The van der Waals surface area contributed by atoms with Crippen molar-refractivity contribution in [1.29, 1.82) is 0 Å². The first-order valence-electron chi connectivity index (χ1n) is 8.37. The quantitative estimate of drug-likeness (QED) is 0.822. The zero-order valence-electron chi connectivity index (χ0n) is 15.1. The van der Waals surface area contributed by atoms with Crippen LogP contribution in [0.1, 0.15) is 12.8 Å². The Kier molecular flexibility index (Phi) is 6.20. The van der Waals surface area contributed by atoms with Gasteiger partial charge in [0.25, 0.3) is 0 Å². The Morgan fingerprint density at radius 2 is 1.88 bits per heavy atom. The van der Waals surface area contributed by atoms with E-state index in [9.17, 15) is 9.59 Å². The zero-order chi connectivity index (χ0) is 17.7. The first-order valence-corrected chi connectivity index (χ1v) is 8.37. The molecular weight excluding hydrogens is 304 g/mol. The van der Waals surface area contributed by atoms with Gasteiger partial charge in [0, 0.05) is 45.0 Å². The van der Waals surface area contributed by atoms with Crippen LogP contribution < -0.4 is 10.2 Å². The normalized spacial score (nSPS) is 17.5. The predicted octanol–water partition coefficient (Wildman–Crippen LogP) is 1.49. The van der Waals surface area contributed by atoms with E-state index in [0.717, 1.165) is 30.9 Å². The van der Waals surface area contributed by atoms with Crippen molar-refractivity contribution >= 4 is 23.2 Å². The van der Waals surface area contributed by atoms with Crippen molar-refractivity contribution in [2.24, 2.45) is 5.92 Å². The lowest BCUT2D eigenvalue weighted by Crippen LogP contribution is -2.30. The van der Waals surface area contributed by atoms with E-state index in [4.69, 9.17) is 0 Å². The lowest BCUT2D eigenvalue weighted by atomic mass is 10.1. The SMILES string of the molecule is CN(C)CCCN1CC(C(=O)Nc2ccc(N(C)C)cc2)CC1=O. The average Bonchev–Trinajstić information content (AvgIpc) is 2.89. The minimum atomic E-state index is -0.259. The fourth-order valence-electron chi connectivity index (χ4n) is 2.83. The van der Waals surface area contributed by atoms with Gasteiger partial charge in [0.15, 0.2) is 0 Å². The molecule has 0 aliphatic carbocycles. The van der Waals surface area contributed by atoms with E-state index >= 15 is 0 Å².